The Morgan fingerprint density at radius 2 is 0.909 bits per heavy atom. The van der Waals surface area contributed by atoms with Gasteiger partial charge in [0.2, 0.25) is 0 Å². The van der Waals surface area contributed by atoms with Gasteiger partial charge < -0.3 is 24.1 Å². The molecule has 0 aromatic heterocycles. The highest BCUT2D eigenvalue weighted by molar-refractivity contribution is 6.21. The number of carbonyl (C=O) groups excluding carboxylic acids is 2. The van der Waals surface area contributed by atoms with Crippen LogP contribution in [0.3, 0.4) is 0 Å². The van der Waals surface area contributed by atoms with Gasteiger partial charge in [0.25, 0.3) is 11.8 Å². The average Bonchev–Trinajstić information content (AvgIpc) is 3.50. The quantitative estimate of drug-likeness (QED) is 0.0969. The van der Waals surface area contributed by atoms with Crippen molar-refractivity contribution >= 4 is 11.8 Å². The molecule has 1 N–H and O–H groups in total. The molecule has 5 atom stereocenters. The molecule has 0 radical (unpaired) electrons. The summed E-state index contributed by atoms with van der Waals surface area (Å²) in [6.07, 6.45) is -4.49. The Hall–Kier alpha value is -5.74. The Labute approximate surface area is 320 Å². The molecule has 2 heterocycles. The fourth-order valence-electron chi connectivity index (χ4n) is 7.70. The maximum Gasteiger partial charge on any atom is 0.262 e. The van der Waals surface area contributed by atoms with Crippen LogP contribution in [0.5, 0.6) is 0 Å². The van der Waals surface area contributed by atoms with Crippen LogP contribution in [-0.4, -0.2) is 59.1 Å². The van der Waals surface area contributed by atoms with Gasteiger partial charge >= 0.3 is 0 Å². The van der Waals surface area contributed by atoms with Crippen LogP contribution in [0.1, 0.15) is 48.5 Å². The zero-order valence-electron chi connectivity index (χ0n) is 30.1. The van der Waals surface area contributed by atoms with Crippen LogP contribution in [0.25, 0.3) is 0 Å². The van der Waals surface area contributed by atoms with Crippen molar-refractivity contribution in [3.8, 4) is 0 Å². The number of aliphatic hydroxyl groups is 1. The van der Waals surface area contributed by atoms with Crippen LogP contribution in [0, 0.1) is 0 Å². The van der Waals surface area contributed by atoms with Crippen LogP contribution in [0.2, 0.25) is 0 Å². The largest absolute Gasteiger partial charge is 0.368 e. The van der Waals surface area contributed by atoms with E-state index in [-0.39, 0.29) is 30.9 Å². The lowest BCUT2D eigenvalue weighted by Crippen LogP contribution is -2.66. The Morgan fingerprint density at radius 3 is 1.35 bits per heavy atom. The van der Waals surface area contributed by atoms with Crippen molar-refractivity contribution in [2.45, 2.75) is 49.5 Å². The third kappa shape index (κ3) is 7.26. The first-order valence-electron chi connectivity index (χ1n) is 18.5. The molecule has 6 aromatic carbocycles. The van der Waals surface area contributed by atoms with Gasteiger partial charge in [-0.25, -0.2) is 0 Å². The maximum atomic E-state index is 14.0. The highest BCUT2D eigenvalue weighted by atomic mass is 16.7. The summed E-state index contributed by atoms with van der Waals surface area (Å²) in [4.78, 5) is 29.0. The van der Waals surface area contributed by atoms with E-state index in [4.69, 9.17) is 18.9 Å². The average molecular weight is 732 g/mol. The summed E-state index contributed by atoms with van der Waals surface area (Å²) in [6, 6.07) is 54.7. The van der Waals surface area contributed by atoms with Crippen LogP contribution < -0.4 is 0 Å². The van der Waals surface area contributed by atoms with Crippen LogP contribution in [-0.2, 0) is 37.8 Å². The summed E-state index contributed by atoms with van der Waals surface area (Å²) >= 11 is 0. The van der Waals surface area contributed by atoms with Gasteiger partial charge in [0.05, 0.1) is 30.9 Å². The smallest absolute Gasteiger partial charge is 0.262 e. The van der Waals surface area contributed by atoms with E-state index in [1.54, 1.807) is 24.3 Å². The molecule has 0 saturated carbocycles. The van der Waals surface area contributed by atoms with Crippen molar-refractivity contribution < 1.29 is 33.6 Å². The molecule has 0 aliphatic carbocycles. The van der Waals surface area contributed by atoms with Crippen LogP contribution in [0.15, 0.2) is 176 Å². The topological polar surface area (TPSA) is 94.5 Å². The number of hydrogen-bond acceptors (Lipinski definition) is 7. The van der Waals surface area contributed by atoms with E-state index in [9.17, 15) is 14.7 Å². The number of benzene rings is 6. The predicted octanol–water partition coefficient (Wildman–Crippen LogP) is 7.55. The first kappa shape index (κ1) is 36.2. The highest BCUT2D eigenvalue weighted by Gasteiger charge is 2.55. The third-order valence-corrected chi connectivity index (χ3v) is 10.3. The number of aliphatic hydroxyl groups excluding tert-OH is 1. The molecule has 8 nitrogen and oxygen atoms in total. The zero-order chi connectivity index (χ0) is 37.6. The fourth-order valence-corrected chi connectivity index (χ4v) is 7.70. The normalized spacial score (nSPS) is 21.0. The lowest BCUT2D eigenvalue weighted by Gasteiger charge is -2.47. The van der Waals surface area contributed by atoms with Gasteiger partial charge in [0.1, 0.15) is 30.0 Å². The Morgan fingerprint density at radius 1 is 0.527 bits per heavy atom. The van der Waals surface area contributed by atoms with Gasteiger partial charge in [0, 0.05) is 0 Å². The summed E-state index contributed by atoms with van der Waals surface area (Å²) in [6.45, 7) is 0.233. The molecule has 2 aliphatic rings. The first-order chi connectivity index (χ1) is 27.0. The fraction of sp³-hybridized carbons (Fsp3) is 0.191. The van der Waals surface area contributed by atoms with Crippen molar-refractivity contribution in [3.05, 3.63) is 215 Å². The van der Waals surface area contributed by atoms with Crippen molar-refractivity contribution in [3.63, 3.8) is 0 Å². The molecule has 1 saturated heterocycles. The summed E-state index contributed by atoms with van der Waals surface area (Å²) < 4.78 is 27.1. The van der Waals surface area contributed by atoms with Crippen molar-refractivity contribution in [1.82, 2.24) is 4.90 Å². The molecule has 0 bridgehead atoms. The summed E-state index contributed by atoms with van der Waals surface area (Å²) in [5, 5.41) is 12.0. The minimum atomic E-state index is -1.63. The molecule has 0 unspecified atom stereocenters. The first-order valence-corrected chi connectivity index (χ1v) is 18.5. The second-order valence-corrected chi connectivity index (χ2v) is 13.7. The standard InChI is InChI=1S/C47H41NO7/c49-44-38-28-16-17-29-39(38)45(50)48(44)41-43(53-31-34-20-8-2-9-21-34)42(52-30-33-18-6-1-7-19-33)40(55-46(41)51)32-54-47(35-22-10-3-11-23-35,36-24-12-4-13-25-36)37-26-14-5-15-27-37/h1-29,40-43,46,51H,30-32H2/t40-,41-,42-,43-,46-/m1/s1. The Bertz CT molecular complexity index is 2050. The highest BCUT2D eigenvalue weighted by Crippen LogP contribution is 2.42. The Balaban J connectivity index is 1.21. The molecule has 8 rings (SSSR count). The van der Waals surface area contributed by atoms with E-state index in [1.807, 2.05) is 152 Å². The number of rotatable bonds is 13. The number of imide groups is 1. The summed E-state index contributed by atoms with van der Waals surface area (Å²) in [5.41, 5.74) is 3.88. The van der Waals surface area contributed by atoms with Crippen LogP contribution >= 0.6 is 0 Å². The molecular weight excluding hydrogens is 691 g/mol. The van der Waals surface area contributed by atoms with E-state index >= 15 is 0 Å². The summed E-state index contributed by atoms with van der Waals surface area (Å²) in [7, 11) is 0. The molecule has 2 aliphatic heterocycles. The van der Waals surface area contributed by atoms with Crippen molar-refractivity contribution in [2.75, 3.05) is 6.61 Å². The van der Waals surface area contributed by atoms with Crippen molar-refractivity contribution in [2.24, 2.45) is 0 Å². The monoisotopic (exact) mass is 731 g/mol. The maximum absolute atomic E-state index is 14.0. The minimum Gasteiger partial charge on any atom is -0.368 e. The zero-order valence-corrected chi connectivity index (χ0v) is 30.1. The van der Waals surface area contributed by atoms with Gasteiger partial charge in [-0.15, -0.1) is 0 Å². The van der Waals surface area contributed by atoms with Gasteiger partial charge in [-0.05, 0) is 39.9 Å². The second kappa shape index (κ2) is 16.3. The molecule has 2 amide bonds. The van der Waals surface area contributed by atoms with Gasteiger partial charge in [-0.2, -0.15) is 0 Å². The van der Waals surface area contributed by atoms with E-state index in [2.05, 4.69) is 0 Å². The third-order valence-electron chi connectivity index (χ3n) is 10.3. The number of fused-ring (bicyclic) bond motifs is 1. The lowest BCUT2D eigenvalue weighted by atomic mass is 9.80. The van der Waals surface area contributed by atoms with Crippen LogP contribution in [0.4, 0.5) is 0 Å². The molecular formula is C47H41NO7. The molecule has 55 heavy (non-hydrogen) atoms. The molecule has 8 heteroatoms. The number of carbonyl (C=O) groups is 2. The molecule has 276 valence electrons. The molecule has 1 fully saturated rings. The second-order valence-electron chi connectivity index (χ2n) is 13.7. The van der Waals surface area contributed by atoms with Crippen molar-refractivity contribution in [1.29, 1.82) is 0 Å². The predicted molar refractivity (Wildman–Crippen MR) is 207 cm³/mol. The van der Waals surface area contributed by atoms with Gasteiger partial charge in [0.15, 0.2) is 6.29 Å². The van der Waals surface area contributed by atoms with Gasteiger partial charge in [-0.1, -0.05) is 164 Å². The SMILES string of the molecule is O=C1c2ccccc2C(=O)N1[C@@H]1[C@@H](OCc2ccccc2)[C@H](OCc2ccccc2)[C@@H](COC(c2ccccc2)(c2ccccc2)c2ccccc2)O[C@H]1O. The van der Waals surface area contributed by atoms with E-state index in [1.165, 1.54) is 0 Å². The molecule has 0 spiro atoms. The summed E-state index contributed by atoms with van der Waals surface area (Å²) in [5.74, 6) is -1.07. The molecule has 6 aromatic rings. The lowest BCUT2D eigenvalue weighted by molar-refractivity contribution is -0.289. The van der Waals surface area contributed by atoms with Gasteiger partial charge in [-0.3, -0.25) is 14.5 Å². The Kier molecular flexibility index (Phi) is 10.8. The van der Waals surface area contributed by atoms with E-state index < -0.39 is 48.1 Å². The minimum absolute atomic E-state index is 0.0603. The number of ether oxygens (including phenoxy) is 4. The van der Waals surface area contributed by atoms with E-state index in [0.717, 1.165) is 32.7 Å². The number of nitrogens with zero attached hydrogens (tertiary/aromatic N) is 1. The number of amides is 2. The number of hydrogen-bond donors (Lipinski definition) is 1. The van der Waals surface area contributed by atoms with E-state index in [0.29, 0.717) is 0 Å².